The first-order valence-electron chi connectivity index (χ1n) is 8.38. The average molecular weight is 417 g/mol. The standard InChI is InChI=1S/C20H14Cl2N2O4/c21-15-4-1-12(9-16(15)22)17-6-3-14(28-17)11-23-24-20(25)13-2-5-18-19(10-13)27-8-7-26-18/h1-6,9-11H,7-8H2,(H,24,25)/b23-11-. The van der Waals surface area contributed by atoms with Crippen molar-refractivity contribution in [3.8, 4) is 22.8 Å². The highest BCUT2D eigenvalue weighted by molar-refractivity contribution is 6.42. The third-order valence-corrected chi connectivity index (χ3v) is 4.73. The van der Waals surface area contributed by atoms with Crippen molar-refractivity contribution < 1.29 is 18.7 Å². The minimum Gasteiger partial charge on any atom is -0.486 e. The van der Waals surface area contributed by atoms with Crippen molar-refractivity contribution in [3.05, 3.63) is 69.9 Å². The van der Waals surface area contributed by atoms with Gasteiger partial charge in [-0.05, 0) is 48.5 Å². The number of hydrogen-bond donors (Lipinski definition) is 1. The zero-order chi connectivity index (χ0) is 19.5. The molecule has 0 bridgehead atoms. The van der Waals surface area contributed by atoms with E-state index >= 15 is 0 Å². The highest BCUT2D eigenvalue weighted by Gasteiger charge is 2.14. The normalized spacial score (nSPS) is 12.9. The first-order chi connectivity index (χ1) is 13.6. The summed E-state index contributed by atoms with van der Waals surface area (Å²) in [7, 11) is 0. The van der Waals surface area contributed by atoms with Crippen LogP contribution < -0.4 is 14.9 Å². The van der Waals surface area contributed by atoms with Crippen molar-refractivity contribution in [1.82, 2.24) is 5.43 Å². The number of furan rings is 1. The molecule has 0 atom stereocenters. The molecule has 3 aromatic rings. The molecule has 1 amide bonds. The Hall–Kier alpha value is -2.96. The van der Waals surface area contributed by atoms with E-state index < -0.39 is 0 Å². The van der Waals surface area contributed by atoms with Gasteiger partial charge >= 0.3 is 0 Å². The predicted molar refractivity (Wildman–Crippen MR) is 107 cm³/mol. The first-order valence-corrected chi connectivity index (χ1v) is 9.14. The SMILES string of the molecule is O=C(N/N=C\c1ccc(-c2ccc(Cl)c(Cl)c2)o1)c1ccc2c(c1)OCCO2. The van der Waals surface area contributed by atoms with E-state index in [0.29, 0.717) is 51.8 Å². The van der Waals surface area contributed by atoms with E-state index in [1.54, 1.807) is 48.5 Å². The van der Waals surface area contributed by atoms with Gasteiger partial charge < -0.3 is 13.9 Å². The largest absolute Gasteiger partial charge is 0.486 e. The van der Waals surface area contributed by atoms with Crippen LogP contribution in [0.25, 0.3) is 11.3 Å². The van der Waals surface area contributed by atoms with E-state index in [4.69, 9.17) is 37.1 Å². The van der Waals surface area contributed by atoms with Gasteiger partial charge in [-0.25, -0.2) is 5.43 Å². The maximum absolute atomic E-state index is 12.2. The number of nitrogens with one attached hydrogen (secondary N) is 1. The van der Waals surface area contributed by atoms with Gasteiger partial charge in [-0.2, -0.15) is 5.10 Å². The molecule has 0 aliphatic carbocycles. The zero-order valence-electron chi connectivity index (χ0n) is 14.4. The summed E-state index contributed by atoms with van der Waals surface area (Å²) in [6, 6.07) is 13.7. The molecule has 0 spiro atoms. The van der Waals surface area contributed by atoms with E-state index in [9.17, 15) is 4.79 Å². The summed E-state index contributed by atoms with van der Waals surface area (Å²) < 4.78 is 16.6. The summed E-state index contributed by atoms with van der Waals surface area (Å²) >= 11 is 11.9. The zero-order valence-corrected chi connectivity index (χ0v) is 16.0. The number of ether oxygens (including phenoxy) is 2. The molecule has 0 saturated heterocycles. The number of hydrogen-bond acceptors (Lipinski definition) is 5. The average Bonchev–Trinajstić information content (AvgIpc) is 3.18. The second-order valence-corrected chi connectivity index (χ2v) is 6.70. The lowest BCUT2D eigenvalue weighted by Gasteiger charge is -2.18. The van der Waals surface area contributed by atoms with Crippen molar-refractivity contribution >= 4 is 35.3 Å². The van der Waals surface area contributed by atoms with Crippen LogP contribution in [-0.2, 0) is 0 Å². The fourth-order valence-electron chi connectivity index (χ4n) is 2.63. The quantitative estimate of drug-likeness (QED) is 0.490. The Bertz CT molecular complexity index is 1060. The molecule has 0 unspecified atom stereocenters. The van der Waals surface area contributed by atoms with Crippen molar-refractivity contribution in [1.29, 1.82) is 0 Å². The molecular weight excluding hydrogens is 403 g/mol. The summed E-state index contributed by atoms with van der Waals surface area (Å²) in [4.78, 5) is 12.2. The van der Waals surface area contributed by atoms with Gasteiger partial charge in [-0.15, -0.1) is 0 Å². The van der Waals surface area contributed by atoms with Crippen LogP contribution in [-0.4, -0.2) is 25.3 Å². The number of carbonyl (C=O) groups excluding carboxylic acids is 1. The Kier molecular flexibility index (Phi) is 5.23. The first kappa shape index (κ1) is 18.4. The van der Waals surface area contributed by atoms with Crippen molar-refractivity contribution in [2.24, 2.45) is 5.10 Å². The molecule has 0 fully saturated rings. The lowest BCUT2D eigenvalue weighted by atomic mass is 10.2. The third kappa shape index (κ3) is 3.98. The molecule has 2 heterocycles. The second-order valence-electron chi connectivity index (χ2n) is 5.89. The summed E-state index contributed by atoms with van der Waals surface area (Å²) in [5.41, 5.74) is 3.66. The maximum Gasteiger partial charge on any atom is 0.271 e. The summed E-state index contributed by atoms with van der Waals surface area (Å²) in [6.45, 7) is 0.950. The Morgan fingerprint density at radius 3 is 2.61 bits per heavy atom. The van der Waals surface area contributed by atoms with E-state index in [-0.39, 0.29) is 5.91 Å². The van der Waals surface area contributed by atoms with E-state index in [2.05, 4.69) is 10.5 Å². The number of hydrazone groups is 1. The van der Waals surface area contributed by atoms with Gasteiger partial charge in [-0.1, -0.05) is 23.2 Å². The van der Waals surface area contributed by atoms with Gasteiger partial charge in [-0.3, -0.25) is 4.79 Å². The van der Waals surface area contributed by atoms with Gasteiger partial charge in [0.05, 0.1) is 16.3 Å². The van der Waals surface area contributed by atoms with Gasteiger partial charge in [0.15, 0.2) is 11.5 Å². The highest BCUT2D eigenvalue weighted by Crippen LogP contribution is 2.31. The summed E-state index contributed by atoms with van der Waals surface area (Å²) in [5, 5.41) is 4.85. The van der Waals surface area contributed by atoms with E-state index in [0.717, 1.165) is 5.56 Å². The minimum absolute atomic E-state index is 0.371. The Labute approximate surface area is 170 Å². The van der Waals surface area contributed by atoms with E-state index in [1.165, 1.54) is 6.21 Å². The molecule has 0 saturated carbocycles. The Morgan fingerprint density at radius 2 is 1.79 bits per heavy atom. The van der Waals surface area contributed by atoms with Gasteiger partial charge in [0.1, 0.15) is 24.7 Å². The van der Waals surface area contributed by atoms with Crippen LogP contribution in [0.4, 0.5) is 0 Å². The lowest BCUT2D eigenvalue weighted by molar-refractivity contribution is 0.0954. The molecule has 8 heteroatoms. The molecule has 1 aromatic heterocycles. The lowest BCUT2D eigenvalue weighted by Crippen LogP contribution is -2.19. The van der Waals surface area contributed by atoms with Crippen LogP contribution in [0.15, 0.2) is 58.0 Å². The van der Waals surface area contributed by atoms with Crippen molar-refractivity contribution in [3.63, 3.8) is 0 Å². The molecular formula is C20H14Cl2N2O4. The number of rotatable bonds is 4. The number of benzene rings is 2. The third-order valence-electron chi connectivity index (χ3n) is 3.99. The van der Waals surface area contributed by atoms with Crippen molar-refractivity contribution in [2.75, 3.05) is 13.2 Å². The number of fused-ring (bicyclic) bond motifs is 1. The topological polar surface area (TPSA) is 73.1 Å². The fourth-order valence-corrected chi connectivity index (χ4v) is 2.93. The second kappa shape index (κ2) is 7.96. The summed E-state index contributed by atoms with van der Waals surface area (Å²) in [5.74, 6) is 1.88. The Balaban J connectivity index is 1.41. The number of nitrogens with zero attached hydrogens (tertiary/aromatic N) is 1. The van der Waals surface area contributed by atoms with Gasteiger partial charge in [0.25, 0.3) is 5.91 Å². The minimum atomic E-state index is -0.371. The van der Waals surface area contributed by atoms with Gasteiger partial charge in [0.2, 0.25) is 0 Å². The molecule has 6 nitrogen and oxygen atoms in total. The molecule has 1 aliphatic heterocycles. The number of amides is 1. The van der Waals surface area contributed by atoms with Crippen LogP contribution in [0.3, 0.4) is 0 Å². The molecule has 0 radical (unpaired) electrons. The number of carbonyl (C=O) groups is 1. The van der Waals surface area contributed by atoms with E-state index in [1.807, 2.05) is 0 Å². The smallest absolute Gasteiger partial charge is 0.271 e. The molecule has 28 heavy (non-hydrogen) atoms. The van der Waals surface area contributed by atoms with Crippen LogP contribution in [0.5, 0.6) is 11.5 Å². The van der Waals surface area contributed by atoms with Gasteiger partial charge in [0, 0.05) is 11.1 Å². The van der Waals surface area contributed by atoms with Crippen LogP contribution in [0, 0.1) is 0 Å². The van der Waals surface area contributed by atoms with Crippen molar-refractivity contribution in [2.45, 2.75) is 0 Å². The number of halogens is 2. The predicted octanol–water partition coefficient (Wildman–Crippen LogP) is 4.79. The molecule has 1 aliphatic rings. The molecule has 142 valence electrons. The van der Waals surface area contributed by atoms with Crippen LogP contribution in [0.2, 0.25) is 10.0 Å². The summed E-state index contributed by atoms with van der Waals surface area (Å²) in [6.07, 6.45) is 1.41. The molecule has 2 aromatic carbocycles. The monoisotopic (exact) mass is 416 g/mol. The molecule has 4 rings (SSSR count). The Morgan fingerprint density at radius 1 is 0.964 bits per heavy atom. The van der Waals surface area contributed by atoms with Crippen LogP contribution in [0.1, 0.15) is 16.1 Å². The van der Waals surface area contributed by atoms with Crippen LogP contribution >= 0.6 is 23.2 Å². The highest BCUT2D eigenvalue weighted by atomic mass is 35.5. The molecule has 1 N–H and O–H groups in total. The maximum atomic E-state index is 12.2. The fraction of sp³-hybridized carbons (Fsp3) is 0.100.